The Hall–Kier alpha value is -1.56. The number of aryl methyl sites for hydroxylation is 2. The standard InChI is InChI=1S/C18H20/c1-2-7-15(8-3-1)9-6-11-17-14-13-16-10-4-5-12-18(16)17/h1-5,7-8,10,12,17H,6,9,11,13-14H2. The van der Waals surface area contributed by atoms with Crippen molar-refractivity contribution in [2.75, 3.05) is 0 Å². The average molecular weight is 236 g/mol. The Morgan fingerprint density at radius 3 is 2.56 bits per heavy atom. The lowest BCUT2D eigenvalue weighted by molar-refractivity contribution is 0.587. The van der Waals surface area contributed by atoms with Gasteiger partial charge in [0.05, 0.1) is 0 Å². The van der Waals surface area contributed by atoms with Crippen molar-refractivity contribution in [1.29, 1.82) is 0 Å². The van der Waals surface area contributed by atoms with Crippen LogP contribution in [0.5, 0.6) is 0 Å². The van der Waals surface area contributed by atoms with Crippen LogP contribution >= 0.6 is 0 Å². The molecule has 0 spiro atoms. The largest absolute Gasteiger partial charge is 0.0622 e. The van der Waals surface area contributed by atoms with E-state index in [2.05, 4.69) is 54.6 Å². The maximum atomic E-state index is 2.33. The first-order valence-electron chi connectivity index (χ1n) is 7.05. The van der Waals surface area contributed by atoms with Crippen molar-refractivity contribution >= 4 is 0 Å². The Balaban J connectivity index is 1.56. The maximum Gasteiger partial charge on any atom is -0.0156 e. The van der Waals surface area contributed by atoms with Gasteiger partial charge in [-0.25, -0.2) is 0 Å². The second-order valence-corrected chi connectivity index (χ2v) is 5.31. The predicted molar refractivity (Wildman–Crippen MR) is 76.9 cm³/mol. The van der Waals surface area contributed by atoms with Crippen molar-refractivity contribution in [3.05, 3.63) is 71.3 Å². The van der Waals surface area contributed by atoms with Crippen molar-refractivity contribution < 1.29 is 0 Å². The van der Waals surface area contributed by atoms with E-state index in [1.54, 1.807) is 11.1 Å². The fourth-order valence-corrected chi connectivity index (χ4v) is 3.14. The molecule has 3 rings (SSSR count). The fraction of sp³-hybridized carbons (Fsp3) is 0.333. The van der Waals surface area contributed by atoms with Crippen molar-refractivity contribution in [3.8, 4) is 0 Å². The molecule has 92 valence electrons. The Kier molecular flexibility index (Phi) is 3.45. The molecule has 0 heteroatoms. The van der Waals surface area contributed by atoms with Gasteiger partial charge in [0.25, 0.3) is 0 Å². The van der Waals surface area contributed by atoms with Crippen LogP contribution in [0.15, 0.2) is 54.6 Å². The maximum absolute atomic E-state index is 2.33. The zero-order valence-electron chi connectivity index (χ0n) is 10.8. The highest BCUT2D eigenvalue weighted by Crippen LogP contribution is 2.36. The normalized spacial score (nSPS) is 17.7. The van der Waals surface area contributed by atoms with Crippen molar-refractivity contribution in [3.63, 3.8) is 0 Å². The molecule has 0 heterocycles. The highest BCUT2D eigenvalue weighted by atomic mass is 14.3. The van der Waals surface area contributed by atoms with E-state index in [9.17, 15) is 0 Å². The third-order valence-electron chi connectivity index (χ3n) is 4.12. The zero-order chi connectivity index (χ0) is 12.2. The molecule has 18 heavy (non-hydrogen) atoms. The number of hydrogen-bond donors (Lipinski definition) is 0. The van der Waals surface area contributed by atoms with Gasteiger partial charge in [-0.3, -0.25) is 0 Å². The summed E-state index contributed by atoms with van der Waals surface area (Å²) in [4.78, 5) is 0. The summed E-state index contributed by atoms with van der Waals surface area (Å²) in [5, 5.41) is 0. The third kappa shape index (κ3) is 2.48. The molecule has 0 bridgehead atoms. The first-order valence-corrected chi connectivity index (χ1v) is 7.05. The summed E-state index contributed by atoms with van der Waals surface area (Å²) in [6, 6.07) is 19.8. The highest BCUT2D eigenvalue weighted by Gasteiger charge is 2.20. The van der Waals surface area contributed by atoms with Crippen molar-refractivity contribution in [2.45, 2.75) is 38.0 Å². The summed E-state index contributed by atoms with van der Waals surface area (Å²) < 4.78 is 0. The van der Waals surface area contributed by atoms with Gasteiger partial charge in [0.2, 0.25) is 0 Å². The van der Waals surface area contributed by atoms with Crippen molar-refractivity contribution in [2.24, 2.45) is 0 Å². The van der Waals surface area contributed by atoms with Gasteiger partial charge in [0, 0.05) is 0 Å². The Bertz CT molecular complexity index is 498. The van der Waals surface area contributed by atoms with E-state index >= 15 is 0 Å². The molecule has 0 N–H and O–H groups in total. The molecule has 0 aromatic heterocycles. The molecule has 1 aliphatic carbocycles. The van der Waals surface area contributed by atoms with E-state index < -0.39 is 0 Å². The van der Waals surface area contributed by atoms with Crippen molar-refractivity contribution in [1.82, 2.24) is 0 Å². The predicted octanol–water partition coefficient (Wildman–Crippen LogP) is 4.74. The van der Waals surface area contributed by atoms with Crippen LogP contribution < -0.4 is 0 Å². The van der Waals surface area contributed by atoms with E-state index in [4.69, 9.17) is 0 Å². The van der Waals surface area contributed by atoms with Crippen LogP contribution in [0.25, 0.3) is 0 Å². The lowest BCUT2D eigenvalue weighted by Crippen LogP contribution is -1.95. The topological polar surface area (TPSA) is 0 Å². The molecule has 1 atom stereocenters. The van der Waals surface area contributed by atoms with Gasteiger partial charge in [0.15, 0.2) is 0 Å². The summed E-state index contributed by atoms with van der Waals surface area (Å²) in [6.07, 6.45) is 6.51. The molecule has 2 aromatic rings. The first kappa shape index (κ1) is 11.5. The molecule has 0 amide bonds. The number of benzene rings is 2. The van der Waals surface area contributed by atoms with Crippen LogP contribution in [0.2, 0.25) is 0 Å². The molecule has 2 aromatic carbocycles. The third-order valence-corrected chi connectivity index (χ3v) is 4.12. The summed E-state index contributed by atoms with van der Waals surface area (Å²) in [6.45, 7) is 0. The van der Waals surface area contributed by atoms with E-state index in [1.807, 2.05) is 0 Å². The Morgan fingerprint density at radius 2 is 1.67 bits per heavy atom. The number of rotatable bonds is 4. The van der Waals surface area contributed by atoms with Crippen LogP contribution in [0.3, 0.4) is 0 Å². The molecule has 0 saturated carbocycles. The first-order chi connectivity index (χ1) is 8.93. The number of hydrogen-bond acceptors (Lipinski definition) is 0. The van der Waals surface area contributed by atoms with Gasteiger partial charge in [0.1, 0.15) is 0 Å². The minimum atomic E-state index is 0.810. The van der Waals surface area contributed by atoms with E-state index in [0.29, 0.717) is 0 Å². The molecule has 0 nitrogen and oxygen atoms in total. The lowest BCUT2D eigenvalue weighted by Gasteiger charge is -2.11. The molecular weight excluding hydrogens is 216 g/mol. The Labute approximate surface area is 110 Å². The smallest absolute Gasteiger partial charge is 0.0156 e. The fourth-order valence-electron chi connectivity index (χ4n) is 3.14. The van der Waals surface area contributed by atoms with Gasteiger partial charge in [-0.1, -0.05) is 54.6 Å². The van der Waals surface area contributed by atoms with E-state index in [-0.39, 0.29) is 0 Å². The molecule has 1 unspecified atom stereocenters. The molecule has 0 fully saturated rings. The highest BCUT2D eigenvalue weighted by molar-refractivity contribution is 5.34. The van der Waals surface area contributed by atoms with Gasteiger partial charge < -0.3 is 0 Å². The summed E-state index contributed by atoms with van der Waals surface area (Å²) in [5.41, 5.74) is 4.68. The molecule has 1 aliphatic rings. The van der Waals surface area contributed by atoms with E-state index in [0.717, 1.165) is 5.92 Å². The van der Waals surface area contributed by atoms with E-state index in [1.165, 1.54) is 37.7 Å². The molecule has 0 aliphatic heterocycles. The molecule has 0 radical (unpaired) electrons. The monoisotopic (exact) mass is 236 g/mol. The summed E-state index contributed by atoms with van der Waals surface area (Å²) >= 11 is 0. The molecular formula is C18H20. The van der Waals surface area contributed by atoms with Gasteiger partial charge >= 0.3 is 0 Å². The lowest BCUT2D eigenvalue weighted by atomic mass is 9.94. The number of fused-ring (bicyclic) bond motifs is 1. The minimum Gasteiger partial charge on any atom is -0.0622 e. The van der Waals surface area contributed by atoms with Crippen LogP contribution in [0.1, 0.15) is 41.9 Å². The van der Waals surface area contributed by atoms with Gasteiger partial charge in [-0.15, -0.1) is 0 Å². The van der Waals surface area contributed by atoms with Crippen LogP contribution in [-0.2, 0) is 12.8 Å². The minimum absolute atomic E-state index is 0.810. The Morgan fingerprint density at radius 1 is 0.889 bits per heavy atom. The second-order valence-electron chi connectivity index (χ2n) is 5.31. The van der Waals surface area contributed by atoms with Crippen LogP contribution in [-0.4, -0.2) is 0 Å². The van der Waals surface area contributed by atoms with Crippen LogP contribution in [0, 0.1) is 0 Å². The zero-order valence-corrected chi connectivity index (χ0v) is 10.8. The van der Waals surface area contributed by atoms with Crippen LogP contribution in [0.4, 0.5) is 0 Å². The summed E-state index contributed by atoms with van der Waals surface area (Å²) in [5.74, 6) is 0.810. The molecule has 0 saturated heterocycles. The second kappa shape index (κ2) is 5.39. The van der Waals surface area contributed by atoms with Gasteiger partial charge in [-0.2, -0.15) is 0 Å². The quantitative estimate of drug-likeness (QED) is 0.719. The summed E-state index contributed by atoms with van der Waals surface area (Å²) in [7, 11) is 0. The SMILES string of the molecule is c1ccc(CCCC2CCc3ccccc32)cc1. The average Bonchev–Trinajstić information content (AvgIpc) is 2.84. The van der Waals surface area contributed by atoms with Gasteiger partial charge in [-0.05, 0) is 54.7 Å².